The summed E-state index contributed by atoms with van der Waals surface area (Å²) in [6.07, 6.45) is 5.81. The summed E-state index contributed by atoms with van der Waals surface area (Å²) in [6, 6.07) is 5.82. The van der Waals surface area contributed by atoms with Gasteiger partial charge >= 0.3 is 0 Å². The Kier molecular flexibility index (Phi) is 3.81. The van der Waals surface area contributed by atoms with E-state index in [0.29, 0.717) is 19.6 Å². The van der Waals surface area contributed by atoms with Crippen molar-refractivity contribution in [1.82, 2.24) is 25.0 Å². The zero-order valence-electron chi connectivity index (χ0n) is 14.5. The number of nitriles is 1. The molecule has 3 aromatic rings. The first-order chi connectivity index (χ1) is 13.2. The van der Waals surface area contributed by atoms with Gasteiger partial charge in [0.15, 0.2) is 11.3 Å². The quantitative estimate of drug-likeness (QED) is 0.679. The third-order valence-electron chi connectivity index (χ3n) is 5.23. The fourth-order valence-corrected chi connectivity index (χ4v) is 4.77. The molecular weight excluding hydrogens is 362 g/mol. The number of hydrogen-bond acceptors (Lipinski definition) is 7. The molecular formula is C18H17N7OS. The van der Waals surface area contributed by atoms with Crippen molar-refractivity contribution in [3.05, 3.63) is 30.6 Å². The number of nitrogens with one attached hydrogen (secondary N) is 1. The van der Waals surface area contributed by atoms with Crippen molar-refractivity contribution in [2.24, 2.45) is 0 Å². The Bertz CT molecular complexity index is 1040. The molecule has 1 unspecified atom stereocenters. The number of anilines is 1. The second kappa shape index (κ2) is 6.33. The highest BCUT2D eigenvalue weighted by atomic mass is 32.1. The van der Waals surface area contributed by atoms with Crippen LogP contribution in [-0.4, -0.2) is 69.7 Å². The summed E-state index contributed by atoms with van der Waals surface area (Å²) in [5.41, 5.74) is 2.98. The molecule has 2 aromatic heterocycles. The molecule has 0 aliphatic carbocycles. The van der Waals surface area contributed by atoms with E-state index in [1.54, 1.807) is 16.0 Å². The van der Waals surface area contributed by atoms with Gasteiger partial charge in [-0.1, -0.05) is 17.4 Å². The van der Waals surface area contributed by atoms with Gasteiger partial charge in [-0.05, 0) is 17.7 Å². The zero-order chi connectivity index (χ0) is 18.4. The maximum Gasteiger partial charge on any atom is 0.248 e. The van der Waals surface area contributed by atoms with Gasteiger partial charge in [0.05, 0.1) is 23.0 Å². The fraction of sp³-hybridized carbons (Fsp3) is 0.333. The van der Waals surface area contributed by atoms with Crippen molar-refractivity contribution >= 4 is 32.6 Å². The van der Waals surface area contributed by atoms with Crippen LogP contribution >= 0.6 is 11.3 Å². The van der Waals surface area contributed by atoms with E-state index < -0.39 is 0 Å². The lowest BCUT2D eigenvalue weighted by Gasteiger charge is -2.44. The number of benzene rings is 1. The van der Waals surface area contributed by atoms with Gasteiger partial charge < -0.3 is 4.90 Å². The predicted molar refractivity (Wildman–Crippen MR) is 102 cm³/mol. The lowest BCUT2D eigenvalue weighted by molar-refractivity contribution is -0.127. The minimum atomic E-state index is -0.263. The largest absolute Gasteiger partial charge is 0.307 e. The maximum absolute atomic E-state index is 13.1. The number of hydrogen-bond donors (Lipinski definition) is 1. The minimum Gasteiger partial charge on any atom is -0.307 e. The van der Waals surface area contributed by atoms with Crippen LogP contribution in [-0.2, 0) is 4.79 Å². The molecule has 2 fully saturated rings. The molecule has 27 heavy (non-hydrogen) atoms. The number of rotatable bonds is 2. The topological polar surface area (TPSA) is 92.2 Å². The second-order valence-corrected chi connectivity index (χ2v) is 7.76. The van der Waals surface area contributed by atoms with Crippen molar-refractivity contribution in [1.29, 1.82) is 5.26 Å². The zero-order valence-corrected chi connectivity index (χ0v) is 15.3. The predicted octanol–water partition coefficient (Wildman–Crippen LogP) is 1.50. The van der Waals surface area contributed by atoms with Crippen molar-refractivity contribution in [2.45, 2.75) is 6.04 Å². The normalized spacial score (nSPS) is 20.7. The van der Waals surface area contributed by atoms with Gasteiger partial charge in [-0.2, -0.15) is 10.4 Å². The van der Waals surface area contributed by atoms with Gasteiger partial charge in [-0.25, -0.2) is 4.98 Å². The van der Waals surface area contributed by atoms with E-state index in [4.69, 9.17) is 5.26 Å². The Hall–Kier alpha value is -2.96. The van der Waals surface area contributed by atoms with Crippen LogP contribution in [0.5, 0.6) is 0 Å². The molecule has 2 aliphatic rings. The number of H-pyrrole nitrogens is 1. The molecule has 5 rings (SSSR count). The molecule has 0 bridgehead atoms. The van der Waals surface area contributed by atoms with Gasteiger partial charge in [0.2, 0.25) is 5.91 Å². The molecule has 4 heterocycles. The number of fused-ring (bicyclic) bond motifs is 2. The number of thiazole rings is 1. The molecule has 2 aliphatic heterocycles. The fourth-order valence-electron chi connectivity index (χ4n) is 3.74. The van der Waals surface area contributed by atoms with Crippen molar-refractivity contribution in [2.75, 3.05) is 37.6 Å². The molecule has 9 heteroatoms. The van der Waals surface area contributed by atoms with Crippen molar-refractivity contribution < 1.29 is 4.79 Å². The molecule has 0 radical (unpaired) electrons. The average Bonchev–Trinajstić information content (AvgIpc) is 3.37. The molecule has 0 spiro atoms. The average molecular weight is 379 g/mol. The first-order valence-corrected chi connectivity index (χ1v) is 9.64. The Morgan fingerprint density at radius 3 is 2.93 bits per heavy atom. The standard InChI is InChI=1S/C18H17N7OS/c19-11-23-3-4-24-5-6-25(17(26)15(24)10-23)18-22-14-2-1-12(7-16(14)27-18)13-8-20-21-9-13/h1-2,7-9,15H,3-6,10H2,(H,20,21). The van der Waals surface area contributed by atoms with E-state index in [9.17, 15) is 4.79 Å². The molecule has 8 nitrogen and oxygen atoms in total. The highest BCUT2D eigenvalue weighted by Gasteiger charge is 2.39. The maximum atomic E-state index is 13.1. The number of amides is 1. The minimum absolute atomic E-state index is 0.0373. The second-order valence-electron chi connectivity index (χ2n) is 6.75. The van der Waals surface area contributed by atoms with Gasteiger partial charge in [-0.15, -0.1) is 0 Å². The van der Waals surface area contributed by atoms with Crippen LogP contribution in [0.4, 0.5) is 5.13 Å². The summed E-state index contributed by atoms with van der Waals surface area (Å²) >= 11 is 1.53. The lowest BCUT2D eigenvalue weighted by Crippen LogP contribution is -2.64. The van der Waals surface area contributed by atoms with Gasteiger partial charge in [0, 0.05) is 37.9 Å². The summed E-state index contributed by atoms with van der Waals surface area (Å²) in [6.45, 7) is 3.35. The summed E-state index contributed by atoms with van der Waals surface area (Å²) in [5, 5.41) is 16.7. The molecule has 1 N–H and O–H groups in total. The molecule has 1 atom stereocenters. The number of aromatic amines is 1. The summed E-state index contributed by atoms with van der Waals surface area (Å²) < 4.78 is 1.04. The number of carbonyl (C=O) groups is 1. The first-order valence-electron chi connectivity index (χ1n) is 8.83. The van der Waals surface area contributed by atoms with Crippen molar-refractivity contribution in [3.63, 3.8) is 0 Å². The van der Waals surface area contributed by atoms with Crippen LogP contribution in [0.25, 0.3) is 21.3 Å². The van der Waals surface area contributed by atoms with Crippen LogP contribution in [0.15, 0.2) is 30.6 Å². The molecule has 136 valence electrons. The van der Waals surface area contributed by atoms with Crippen LogP contribution in [0.2, 0.25) is 0 Å². The lowest BCUT2D eigenvalue weighted by atomic mass is 10.1. The van der Waals surface area contributed by atoms with E-state index >= 15 is 0 Å². The molecule has 1 amide bonds. The van der Waals surface area contributed by atoms with E-state index in [1.807, 2.05) is 18.3 Å². The van der Waals surface area contributed by atoms with Crippen LogP contribution in [0.3, 0.4) is 0 Å². The van der Waals surface area contributed by atoms with Crippen LogP contribution in [0, 0.1) is 11.5 Å². The van der Waals surface area contributed by atoms with Crippen LogP contribution in [0.1, 0.15) is 0 Å². The molecule has 2 saturated heterocycles. The summed E-state index contributed by atoms with van der Waals surface area (Å²) in [4.78, 5) is 23.4. The molecule has 0 saturated carbocycles. The summed E-state index contributed by atoms with van der Waals surface area (Å²) in [5.74, 6) is 0.0373. The monoisotopic (exact) mass is 379 g/mol. The van der Waals surface area contributed by atoms with E-state index in [2.05, 4.69) is 32.3 Å². The third kappa shape index (κ3) is 2.74. The number of aromatic nitrogens is 3. The van der Waals surface area contributed by atoms with E-state index in [1.165, 1.54) is 11.3 Å². The highest BCUT2D eigenvalue weighted by Crippen LogP contribution is 2.33. The Morgan fingerprint density at radius 2 is 2.11 bits per heavy atom. The van der Waals surface area contributed by atoms with Crippen molar-refractivity contribution in [3.8, 4) is 17.3 Å². The summed E-state index contributed by atoms with van der Waals surface area (Å²) in [7, 11) is 0. The van der Waals surface area contributed by atoms with Gasteiger partial charge in [0.1, 0.15) is 6.04 Å². The number of carbonyl (C=O) groups excluding carboxylic acids is 1. The van der Waals surface area contributed by atoms with Crippen LogP contribution < -0.4 is 4.90 Å². The Morgan fingerprint density at radius 1 is 1.22 bits per heavy atom. The SMILES string of the molecule is N#CN1CCN2CCN(c3nc4ccc(-c5cn[nH]c5)cc4s3)C(=O)C2C1. The Labute approximate surface area is 159 Å². The van der Waals surface area contributed by atoms with E-state index in [-0.39, 0.29) is 11.9 Å². The molecule has 1 aromatic carbocycles. The smallest absolute Gasteiger partial charge is 0.248 e. The van der Waals surface area contributed by atoms with Gasteiger partial charge in [0.25, 0.3) is 0 Å². The number of piperazine rings is 2. The first kappa shape index (κ1) is 16.2. The number of nitrogens with zero attached hydrogens (tertiary/aromatic N) is 6. The van der Waals surface area contributed by atoms with Gasteiger partial charge in [-0.3, -0.25) is 19.7 Å². The van der Waals surface area contributed by atoms with E-state index in [0.717, 1.165) is 39.6 Å². The highest BCUT2D eigenvalue weighted by molar-refractivity contribution is 7.22. The Balaban J connectivity index is 1.45. The third-order valence-corrected chi connectivity index (χ3v) is 6.28.